The highest BCUT2D eigenvalue weighted by Gasteiger charge is 2.46. The Morgan fingerprint density at radius 2 is 2.05 bits per heavy atom. The highest BCUT2D eigenvalue weighted by atomic mass is 16.5. The SMILES string of the molecule is CCCc1cc(O)c2c(c1)OC(C)(C)[C@H]1CCC(C)C[C@H]21. The first-order valence-corrected chi connectivity index (χ1v) is 8.47. The maximum atomic E-state index is 10.6. The Morgan fingerprint density at radius 3 is 2.76 bits per heavy atom. The minimum absolute atomic E-state index is 0.130. The van der Waals surface area contributed by atoms with Crippen molar-refractivity contribution >= 4 is 0 Å². The highest BCUT2D eigenvalue weighted by molar-refractivity contribution is 5.52. The standard InChI is InChI=1S/C19H28O2/c1-5-6-13-10-16(20)18-14-9-12(2)7-8-15(14)19(3,4)21-17(18)11-13/h10-12,14-15,20H,5-9H2,1-4H3/t12?,14-,15-/m0/s1. The smallest absolute Gasteiger partial charge is 0.127 e. The van der Waals surface area contributed by atoms with E-state index < -0.39 is 0 Å². The average molecular weight is 288 g/mol. The van der Waals surface area contributed by atoms with Gasteiger partial charge in [-0.3, -0.25) is 0 Å². The second-order valence-electron chi connectivity index (χ2n) is 7.61. The third kappa shape index (κ3) is 2.54. The molecule has 2 aliphatic rings. The molecule has 1 unspecified atom stereocenters. The molecule has 2 nitrogen and oxygen atoms in total. The van der Waals surface area contributed by atoms with Crippen LogP contribution in [0.3, 0.4) is 0 Å². The Labute approximate surface area is 128 Å². The van der Waals surface area contributed by atoms with Gasteiger partial charge >= 0.3 is 0 Å². The first-order valence-electron chi connectivity index (χ1n) is 8.47. The molecule has 1 fully saturated rings. The van der Waals surface area contributed by atoms with Crippen LogP contribution in [0.15, 0.2) is 12.1 Å². The molecule has 3 rings (SSSR count). The summed E-state index contributed by atoms with van der Waals surface area (Å²) in [4.78, 5) is 0. The maximum absolute atomic E-state index is 10.6. The van der Waals surface area contributed by atoms with Gasteiger partial charge in [-0.2, -0.15) is 0 Å². The molecule has 1 saturated carbocycles. The van der Waals surface area contributed by atoms with Crippen molar-refractivity contribution in [1.82, 2.24) is 0 Å². The molecule has 1 heterocycles. The maximum Gasteiger partial charge on any atom is 0.127 e. The summed E-state index contributed by atoms with van der Waals surface area (Å²) in [7, 11) is 0. The van der Waals surface area contributed by atoms with E-state index in [4.69, 9.17) is 4.74 Å². The minimum atomic E-state index is -0.130. The Kier molecular flexibility index (Phi) is 3.67. The lowest BCUT2D eigenvalue weighted by atomic mass is 9.64. The highest BCUT2D eigenvalue weighted by Crippen LogP contribution is 2.55. The molecule has 2 heteroatoms. The van der Waals surface area contributed by atoms with Crippen LogP contribution in [-0.2, 0) is 6.42 Å². The number of rotatable bonds is 2. The third-order valence-electron chi connectivity index (χ3n) is 5.47. The molecule has 1 aliphatic carbocycles. The van der Waals surface area contributed by atoms with Crippen molar-refractivity contribution in [2.45, 2.75) is 71.3 Å². The Bertz CT molecular complexity index is 533. The summed E-state index contributed by atoms with van der Waals surface area (Å²) in [5, 5.41) is 10.6. The fourth-order valence-electron chi connectivity index (χ4n) is 4.45. The molecule has 3 atom stereocenters. The van der Waals surface area contributed by atoms with Crippen LogP contribution in [0.4, 0.5) is 0 Å². The zero-order chi connectivity index (χ0) is 15.2. The van der Waals surface area contributed by atoms with Gasteiger partial charge < -0.3 is 9.84 Å². The predicted octanol–water partition coefficient (Wildman–Crippen LogP) is 5.04. The van der Waals surface area contributed by atoms with Gasteiger partial charge in [0, 0.05) is 11.5 Å². The van der Waals surface area contributed by atoms with Crippen molar-refractivity contribution in [3.8, 4) is 11.5 Å². The molecule has 0 aromatic heterocycles. The number of aryl methyl sites for hydroxylation is 1. The number of phenols is 1. The molecule has 0 spiro atoms. The van der Waals surface area contributed by atoms with Crippen LogP contribution in [0.1, 0.15) is 70.4 Å². The molecule has 0 radical (unpaired) electrons. The van der Waals surface area contributed by atoms with Crippen LogP contribution in [0.25, 0.3) is 0 Å². The van der Waals surface area contributed by atoms with Gasteiger partial charge in [-0.25, -0.2) is 0 Å². The van der Waals surface area contributed by atoms with Crippen molar-refractivity contribution in [3.05, 3.63) is 23.3 Å². The van der Waals surface area contributed by atoms with Gasteiger partial charge in [0.2, 0.25) is 0 Å². The zero-order valence-corrected chi connectivity index (χ0v) is 13.8. The summed E-state index contributed by atoms with van der Waals surface area (Å²) < 4.78 is 6.33. The molecule has 1 aromatic rings. The first kappa shape index (κ1) is 14.7. The lowest BCUT2D eigenvalue weighted by Crippen LogP contribution is -2.46. The summed E-state index contributed by atoms with van der Waals surface area (Å²) in [6, 6.07) is 4.12. The van der Waals surface area contributed by atoms with Crippen LogP contribution in [0.2, 0.25) is 0 Å². The lowest BCUT2D eigenvalue weighted by molar-refractivity contribution is -0.0145. The molecule has 1 aromatic carbocycles. The number of phenolic OH excluding ortho intramolecular Hbond substituents is 1. The summed E-state index contributed by atoms with van der Waals surface area (Å²) in [6.07, 6.45) is 5.73. The Balaban J connectivity index is 2.07. The zero-order valence-electron chi connectivity index (χ0n) is 13.8. The summed E-state index contributed by atoms with van der Waals surface area (Å²) in [6.45, 7) is 8.93. The van der Waals surface area contributed by atoms with Gasteiger partial charge in [0.25, 0.3) is 0 Å². The monoisotopic (exact) mass is 288 g/mol. The molecule has 21 heavy (non-hydrogen) atoms. The summed E-state index contributed by atoms with van der Waals surface area (Å²) >= 11 is 0. The van der Waals surface area contributed by atoms with Crippen LogP contribution >= 0.6 is 0 Å². The second-order valence-corrected chi connectivity index (χ2v) is 7.61. The number of fused-ring (bicyclic) bond motifs is 3. The number of hydrogen-bond acceptors (Lipinski definition) is 2. The van der Waals surface area contributed by atoms with E-state index in [1.165, 1.54) is 24.8 Å². The van der Waals surface area contributed by atoms with E-state index in [1.54, 1.807) is 0 Å². The third-order valence-corrected chi connectivity index (χ3v) is 5.47. The fourth-order valence-corrected chi connectivity index (χ4v) is 4.45. The quantitative estimate of drug-likeness (QED) is 0.826. The molecular formula is C19H28O2. The molecule has 116 valence electrons. The summed E-state index contributed by atoms with van der Waals surface area (Å²) in [5.74, 6) is 3.09. The van der Waals surface area contributed by atoms with Crippen molar-refractivity contribution in [1.29, 1.82) is 0 Å². The van der Waals surface area contributed by atoms with Crippen molar-refractivity contribution < 1.29 is 9.84 Å². The van der Waals surface area contributed by atoms with E-state index in [0.29, 0.717) is 17.6 Å². The van der Waals surface area contributed by atoms with Gasteiger partial charge in [-0.15, -0.1) is 0 Å². The van der Waals surface area contributed by atoms with E-state index >= 15 is 0 Å². The molecule has 1 N–H and O–H groups in total. The molecule has 0 amide bonds. The summed E-state index contributed by atoms with van der Waals surface area (Å²) in [5.41, 5.74) is 2.13. The van der Waals surface area contributed by atoms with E-state index in [-0.39, 0.29) is 5.60 Å². The first-order chi connectivity index (χ1) is 9.92. The van der Waals surface area contributed by atoms with Crippen molar-refractivity contribution in [2.24, 2.45) is 11.8 Å². The topological polar surface area (TPSA) is 29.5 Å². The lowest BCUT2D eigenvalue weighted by Gasteiger charge is -2.48. The van der Waals surface area contributed by atoms with Gasteiger partial charge in [0.15, 0.2) is 0 Å². The normalized spacial score (nSPS) is 30.2. The molecular weight excluding hydrogens is 260 g/mol. The van der Waals surface area contributed by atoms with E-state index in [0.717, 1.165) is 30.1 Å². The van der Waals surface area contributed by atoms with Crippen LogP contribution in [0, 0.1) is 11.8 Å². The number of aromatic hydroxyl groups is 1. The Morgan fingerprint density at radius 1 is 1.29 bits per heavy atom. The minimum Gasteiger partial charge on any atom is -0.508 e. The van der Waals surface area contributed by atoms with Gasteiger partial charge in [0.05, 0.1) is 0 Å². The van der Waals surface area contributed by atoms with Crippen LogP contribution < -0.4 is 4.74 Å². The molecule has 0 saturated heterocycles. The van der Waals surface area contributed by atoms with Gasteiger partial charge in [0.1, 0.15) is 17.1 Å². The molecule has 0 bridgehead atoms. The molecule has 1 aliphatic heterocycles. The van der Waals surface area contributed by atoms with Gasteiger partial charge in [-0.1, -0.05) is 26.7 Å². The number of hydrogen-bond donors (Lipinski definition) is 1. The van der Waals surface area contributed by atoms with Crippen LogP contribution in [0.5, 0.6) is 11.5 Å². The van der Waals surface area contributed by atoms with Crippen molar-refractivity contribution in [3.63, 3.8) is 0 Å². The number of ether oxygens (including phenoxy) is 1. The number of benzene rings is 1. The fraction of sp³-hybridized carbons (Fsp3) is 0.684. The largest absolute Gasteiger partial charge is 0.508 e. The van der Waals surface area contributed by atoms with E-state index in [9.17, 15) is 5.11 Å². The van der Waals surface area contributed by atoms with Crippen molar-refractivity contribution in [2.75, 3.05) is 0 Å². The predicted molar refractivity (Wildman–Crippen MR) is 86.1 cm³/mol. The van der Waals surface area contributed by atoms with E-state index in [2.05, 4.69) is 33.8 Å². The Hall–Kier alpha value is -1.18. The van der Waals surface area contributed by atoms with Gasteiger partial charge in [-0.05, 0) is 62.6 Å². The second kappa shape index (κ2) is 5.23. The van der Waals surface area contributed by atoms with E-state index in [1.807, 2.05) is 6.07 Å². The van der Waals surface area contributed by atoms with Crippen LogP contribution in [-0.4, -0.2) is 10.7 Å². The average Bonchev–Trinajstić information content (AvgIpc) is 2.37.